The molecule has 1 amide bonds. The van der Waals surface area contributed by atoms with Gasteiger partial charge in [-0.1, -0.05) is 25.4 Å². The Morgan fingerprint density at radius 1 is 1.62 bits per heavy atom. The van der Waals surface area contributed by atoms with Gasteiger partial charge in [0.05, 0.1) is 10.6 Å². The highest BCUT2D eigenvalue weighted by Crippen LogP contribution is 2.15. The van der Waals surface area contributed by atoms with E-state index in [1.165, 1.54) is 12.4 Å². The van der Waals surface area contributed by atoms with Gasteiger partial charge in [0.2, 0.25) is 0 Å². The van der Waals surface area contributed by atoms with E-state index in [-0.39, 0.29) is 17.9 Å². The van der Waals surface area contributed by atoms with E-state index in [4.69, 9.17) is 16.7 Å². The van der Waals surface area contributed by atoms with E-state index in [1.54, 1.807) is 6.07 Å². The fraction of sp³-hybridized carbons (Fsp3) is 0.455. The summed E-state index contributed by atoms with van der Waals surface area (Å²) in [5, 5.41) is 12.1. The zero-order valence-electron chi connectivity index (χ0n) is 9.33. The molecule has 16 heavy (non-hydrogen) atoms. The molecular weight excluding hydrogens is 228 g/mol. The first kappa shape index (κ1) is 12.9. The molecule has 0 saturated heterocycles. The van der Waals surface area contributed by atoms with Crippen molar-refractivity contribution in [3.05, 3.63) is 29.0 Å². The molecule has 0 bridgehead atoms. The molecule has 0 fully saturated rings. The van der Waals surface area contributed by atoms with E-state index in [1.807, 2.05) is 13.8 Å². The Morgan fingerprint density at radius 2 is 2.31 bits per heavy atom. The Morgan fingerprint density at radius 3 is 2.88 bits per heavy atom. The van der Waals surface area contributed by atoms with Gasteiger partial charge in [0.25, 0.3) is 5.91 Å². The minimum atomic E-state index is -0.343. The van der Waals surface area contributed by atoms with Gasteiger partial charge in [-0.05, 0) is 6.07 Å². The zero-order chi connectivity index (χ0) is 12.2. The molecular formula is C11H15ClN2O2. The molecule has 0 aromatic carbocycles. The average Bonchev–Trinajstić information content (AvgIpc) is 2.27. The maximum atomic E-state index is 11.7. The van der Waals surface area contributed by atoms with Crippen LogP contribution in [0.3, 0.4) is 0 Å². The lowest BCUT2D eigenvalue weighted by molar-refractivity contribution is 0.0911. The summed E-state index contributed by atoms with van der Waals surface area (Å²) < 4.78 is 0. The summed E-state index contributed by atoms with van der Waals surface area (Å²) in [5.74, 6) is -0.278. The van der Waals surface area contributed by atoms with Crippen LogP contribution in [-0.2, 0) is 0 Å². The van der Waals surface area contributed by atoms with Gasteiger partial charge < -0.3 is 10.4 Å². The second-order valence-electron chi connectivity index (χ2n) is 4.36. The number of nitrogens with zero attached hydrogens (tertiary/aromatic N) is 1. The van der Waals surface area contributed by atoms with Gasteiger partial charge in [0.15, 0.2) is 0 Å². The molecule has 4 nitrogen and oxygen atoms in total. The first-order chi connectivity index (χ1) is 7.46. The molecule has 5 heteroatoms. The Hall–Kier alpha value is -1.13. The molecule has 0 aliphatic carbocycles. The smallest absolute Gasteiger partial charge is 0.254 e. The highest BCUT2D eigenvalue weighted by molar-refractivity contribution is 6.33. The van der Waals surface area contributed by atoms with E-state index in [9.17, 15) is 4.79 Å². The summed E-state index contributed by atoms with van der Waals surface area (Å²) in [4.78, 5) is 15.5. The maximum Gasteiger partial charge on any atom is 0.254 e. The number of halogens is 1. The number of aliphatic hydroxyl groups excluding tert-OH is 1. The number of nitrogens with one attached hydrogen (secondary N) is 1. The van der Waals surface area contributed by atoms with Crippen LogP contribution in [-0.4, -0.2) is 29.1 Å². The van der Waals surface area contributed by atoms with Crippen LogP contribution in [0.1, 0.15) is 24.2 Å². The fourth-order valence-electron chi connectivity index (χ4n) is 1.02. The second-order valence-corrected chi connectivity index (χ2v) is 4.77. The van der Waals surface area contributed by atoms with Crippen molar-refractivity contribution in [2.45, 2.75) is 13.8 Å². The highest BCUT2D eigenvalue weighted by atomic mass is 35.5. The first-order valence-corrected chi connectivity index (χ1v) is 5.33. The summed E-state index contributed by atoms with van der Waals surface area (Å²) in [6, 6.07) is 1.56. The van der Waals surface area contributed by atoms with Crippen LogP contribution in [0.15, 0.2) is 18.5 Å². The summed E-state index contributed by atoms with van der Waals surface area (Å²) in [6.07, 6.45) is 2.94. The quantitative estimate of drug-likeness (QED) is 0.841. The van der Waals surface area contributed by atoms with Crippen LogP contribution in [0.2, 0.25) is 5.02 Å². The van der Waals surface area contributed by atoms with Gasteiger partial charge >= 0.3 is 0 Å². The fourth-order valence-corrected chi connectivity index (χ4v) is 1.21. The number of hydrogen-bond acceptors (Lipinski definition) is 3. The van der Waals surface area contributed by atoms with E-state index >= 15 is 0 Å². The van der Waals surface area contributed by atoms with Gasteiger partial charge in [-0.3, -0.25) is 9.78 Å². The molecule has 0 aliphatic heterocycles. The third-order valence-electron chi connectivity index (χ3n) is 2.17. The molecule has 2 N–H and O–H groups in total. The molecule has 0 atom stereocenters. The largest absolute Gasteiger partial charge is 0.396 e. The van der Waals surface area contributed by atoms with Gasteiger partial charge in [0.1, 0.15) is 0 Å². The number of hydrogen-bond donors (Lipinski definition) is 2. The van der Waals surface area contributed by atoms with Crippen LogP contribution in [0.4, 0.5) is 0 Å². The number of carbonyl (C=O) groups is 1. The molecule has 0 spiro atoms. The van der Waals surface area contributed by atoms with E-state index in [2.05, 4.69) is 10.3 Å². The SMILES string of the molecule is CC(C)(CO)CNC(=O)c1cnccc1Cl. The third kappa shape index (κ3) is 3.47. The van der Waals surface area contributed by atoms with Gasteiger partial charge in [-0.25, -0.2) is 0 Å². The van der Waals surface area contributed by atoms with Crippen LogP contribution in [0.5, 0.6) is 0 Å². The van der Waals surface area contributed by atoms with Crippen molar-refractivity contribution >= 4 is 17.5 Å². The van der Waals surface area contributed by atoms with Crippen molar-refractivity contribution in [3.8, 4) is 0 Å². The lowest BCUT2D eigenvalue weighted by atomic mass is 9.95. The second kappa shape index (κ2) is 5.27. The predicted molar refractivity (Wildman–Crippen MR) is 62.4 cm³/mol. The predicted octanol–water partition coefficient (Wildman–Crippen LogP) is 1.48. The molecule has 0 saturated carbocycles. The molecule has 1 rings (SSSR count). The average molecular weight is 243 g/mol. The molecule has 1 heterocycles. The van der Waals surface area contributed by atoms with Crippen molar-refractivity contribution in [1.29, 1.82) is 0 Å². The Labute approximate surface area is 99.6 Å². The van der Waals surface area contributed by atoms with Crippen molar-refractivity contribution in [2.75, 3.05) is 13.2 Å². The monoisotopic (exact) mass is 242 g/mol. The number of amides is 1. The van der Waals surface area contributed by atoms with Gasteiger partial charge in [0, 0.05) is 31.0 Å². The maximum absolute atomic E-state index is 11.7. The van der Waals surface area contributed by atoms with Crippen molar-refractivity contribution in [1.82, 2.24) is 10.3 Å². The number of pyridine rings is 1. The topological polar surface area (TPSA) is 62.2 Å². The molecule has 88 valence electrons. The standard InChI is InChI=1S/C11H15ClN2O2/c1-11(2,7-15)6-14-10(16)8-5-13-4-3-9(8)12/h3-5,15H,6-7H2,1-2H3,(H,14,16). The van der Waals surface area contributed by atoms with Crippen LogP contribution >= 0.6 is 11.6 Å². The van der Waals surface area contributed by atoms with E-state index in [0.29, 0.717) is 17.1 Å². The molecule has 0 aliphatic rings. The van der Waals surface area contributed by atoms with Crippen molar-refractivity contribution < 1.29 is 9.90 Å². The van der Waals surface area contributed by atoms with E-state index < -0.39 is 0 Å². The number of rotatable bonds is 4. The summed E-state index contributed by atoms with van der Waals surface area (Å²) in [6.45, 7) is 4.11. The Bertz CT molecular complexity index is 380. The van der Waals surface area contributed by atoms with E-state index in [0.717, 1.165) is 0 Å². The summed E-state index contributed by atoms with van der Waals surface area (Å²) in [7, 11) is 0. The van der Waals surface area contributed by atoms with Crippen LogP contribution in [0, 0.1) is 5.41 Å². The van der Waals surface area contributed by atoms with Crippen molar-refractivity contribution in [3.63, 3.8) is 0 Å². The molecule has 0 radical (unpaired) electrons. The molecule has 1 aromatic rings. The summed E-state index contributed by atoms with van der Waals surface area (Å²) in [5.41, 5.74) is 0.00237. The third-order valence-corrected chi connectivity index (χ3v) is 2.50. The first-order valence-electron chi connectivity index (χ1n) is 4.95. The highest BCUT2D eigenvalue weighted by Gasteiger charge is 2.18. The normalized spacial score (nSPS) is 11.2. The minimum absolute atomic E-state index is 0.00799. The van der Waals surface area contributed by atoms with Gasteiger partial charge in [-0.2, -0.15) is 0 Å². The number of aliphatic hydroxyl groups is 1. The van der Waals surface area contributed by atoms with Crippen LogP contribution < -0.4 is 5.32 Å². The molecule has 1 aromatic heterocycles. The minimum Gasteiger partial charge on any atom is -0.396 e. The lowest BCUT2D eigenvalue weighted by Gasteiger charge is -2.21. The Balaban J connectivity index is 2.64. The van der Waals surface area contributed by atoms with Crippen LogP contribution in [0.25, 0.3) is 0 Å². The van der Waals surface area contributed by atoms with Gasteiger partial charge in [-0.15, -0.1) is 0 Å². The summed E-state index contributed by atoms with van der Waals surface area (Å²) >= 11 is 5.85. The molecule has 0 unspecified atom stereocenters. The Kier molecular flexibility index (Phi) is 4.26. The number of aromatic nitrogens is 1. The van der Waals surface area contributed by atoms with Crippen molar-refractivity contribution in [2.24, 2.45) is 5.41 Å². The number of carbonyl (C=O) groups excluding carboxylic acids is 1. The lowest BCUT2D eigenvalue weighted by Crippen LogP contribution is -2.36. The zero-order valence-corrected chi connectivity index (χ0v) is 10.1.